The van der Waals surface area contributed by atoms with E-state index < -0.39 is 0 Å². The number of amides is 2. The molecule has 138 valence electrons. The number of urea groups is 1. The van der Waals surface area contributed by atoms with Crippen LogP contribution in [-0.2, 0) is 0 Å². The zero-order valence-corrected chi connectivity index (χ0v) is 15.1. The van der Waals surface area contributed by atoms with E-state index in [4.69, 9.17) is 9.47 Å². The Morgan fingerprint density at radius 2 is 1.96 bits per heavy atom. The molecule has 1 N–H and O–H groups in total. The predicted octanol–water partition coefficient (Wildman–Crippen LogP) is 3.93. The number of likely N-dealkylation sites (tertiary alicyclic amines) is 1. The van der Waals surface area contributed by atoms with Crippen LogP contribution in [0.4, 0.5) is 10.5 Å². The molecule has 2 heterocycles. The average molecular weight is 363 g/mol. The molecule has 4 rings (SSSR count). The van der Waals surface area contributed by atoms with Gasteiger partial charge in [0.2, 0.25) is 0 Å². The van der Waals surface area contributed by atoms with Crippen LogP contribution >= 0.6 is 0 Å². The highest BCUT2D eigenvalue weighted by atomic mass is 16.5. The smallest absolute Gasteiger partial charge is 0.321 e. The van der Waals surface area contributed by atoms with E-state index in [1.54, 1.807) is 18.2 Å². The first-order valence-electron chi connectivity index (χ1n) is 8.93. The Hall–Kier alpha value is -3.28. The number of benzene rings is 2. The summed E-state index contributed by atoms with van der Waals surface area (Å²) in [5.41, 5.74) is 1.59. The fourth-order valence-electron chi connectivity index (χ4n) is 3.24. The van der Waals surface area contributed by atoms with Gasteiger partial charge in [-0.3, -0.25) is 4.98 Å². The lowest BCUT2D eigenvalue weighted by Crippen LogP contribution is -2.34. The van der Waals surface area contributed by atoms with Crippen LogP contribution in [0.3, 0.4) is 0 Å². The third-order valence-corrected chi connectivity index (χ3v) is 4.66. The molecule has 0 radical (unpaired) electrons. The SMILES string of the molecule is COc1ccc(NC(=O)N2CCC(Oc3cccc4cccnc34)C2)cc1. The normalized spacial score (nSPS) is 16.3. The van der Waals surface area contributed by atoms with Crippen LogP contribution in [0.5, 0.6) is 11.5 Å². The van der Waals surface area contributed by atoms with Crippen molar-refractivity contribution in [1.82, 2.24) is 9.88 Å². The van der Waals surface area contributed by atoms with Crippen molar-refractivity contribution in [3.8, 4) is 11.5 Å². The van der Waals surface area contributed by atoms with Gasteiger partial charge in [0.15, 0.2) is 0 Å². The highest BCUT2D eigenvalue weighted by molar-refractivity contribution is 5.89. The van der Waals surface area contributed by atoms with Gasteiger partial charge >= 0.3 is 6.03 Å². The number of methoxy groups -OCH3 is 1. The van der Waals surface area contributed by atoms with Gasteiger partial charge in [-0.25, -0.2) is 4.79 Å². The van der Waals surface area contributed by atoms with E-state index in [9.17, 15) is 4.79 Å². The minimum atomic E-state index is -0.123. The van der Waals surface area contributed by atoms with Crippen LogP contribution < -0.4 is 14.8 Å². The number of fused-ring (bicyclic) bond motifs is 1. The van der Waals surface area contributed by atoms with Crippen LogP contribution in [-0.4, -0.2) is 42.2 Å². The number of para-hydroxylation sites is 1. The second-order valence-corrected chi connectivity index (χ2v) is 6.46. The fraction of sp³-hybridized carbons (Fsp3) is 0.238. The van der Waals surface area contributed by atoms with Crippen LogP contribution in [0.15, 0.2) is 60.8 Å². The maximum Gasteiger partial charge on any atom is 0.321 e. The third-order valence-electron chi connectivity index (χ3n) is 4.66. The number of carbonyl (C=O) groups excluding carboxylic acids is 1. The maximum atomic E-state index is 12.5. The Bertz CT molecular complexity index is 938. The lowest BCUT2D eigenvalue weighted by atomic mass is 10.2. The molecule has 1 saturated heterocycles. The molecule has 1 atom stereocenters. The average Bonchev–Trinajstić information content (AvgIpc) is 3.18. The van der Waals surface area contributed by atoms with Gasteiger partial charge in [-0.2, -0.15) is 0 Å². The summed E-state index contributed by atoms with van der Waals surface area (Å²) in [5, 5.41) is 3.96. The van der Waals surface area contributed by atoms with Gasteiger partial charge in [0.25, 0.3) is 0 Å². The summed E-state index contributed by atoms with van der Waals surface area (Å²) in [5.74, 6) is 1.52. The van der Waals surface area contributed by atoms with Gasteiger partial charge in [-0.15, -0.1) is 0 Å². The highest BCUT2D eigenvalue weighted by Gasteiger charge is 2.28. The molecule has 0 spiro atoms. The summed E-state index contributed by atoms with van der Waals surface area (Å²) in [4.78, 5) is 18.7. The van der Waals surface area contributed by atoms with Crippen LogP contribution in [0.2, 0.25) is 0 Å². The highest BCUT2D eigenvalue weighted by Crippen LogP contribution is 2.26. The Balaban J connectivity index is 1.38. The van der Waals surface area contributed by atoms with Crippen molar-refractivity contribution in [2.75, 3.05) is 25.5 Å². The largest absolute Gasteiger partial charge is 0.497 e. The lowest BCUT2D eigenvalue weighted by molar-refractivity contribution is 0.196. The number of ether oxygens (including phenoxy) is 2. The Kier molecular flexibility index (Phi) is 4.78. The molecule has 1 aromatic heterocycles. The topological polar surface area (TPSA) is 63.7 Å². The molecule has 2 aromatic carbocycles. The second-order valence-electron chi connectivity index (χ2n) is 6.46. The van der Waals surface area contributed by atoms with Crippen molar-refractivity contribution in [2.45, 2.75) is 12.5 Å². The van der Waals surface area contributed by atoms with Gasteiger partial charge < -0.3 is 19.7 Å². The Labute approximate surface area is 157 Å². The summed E-state index contributed by atoms with van der Waals surface area (Å²) >= 11 is 0. The predicted molar refractivity (Wildman–Crippen MR) is 104 cm³/mol. The number of nitrogens with one attached hydrogen (secondary N) is 1. The van der Waals surface area contributed by atoms with E-state index >= 15 is 0 Å². The number of pyridine rings is 1. The van der Waals surface area contributed by atoms with Crippen molar-refractivity contribution < 1.29 is 14.3 Å². The lowest BCUT2D eigenvalue weighted by Gasteiger charge is -2.18. The van der Waals surface area contributed by atoms with E-state index in [0.717, 1.165) is 34.5 Å². The van der Waals surface area contributed by atoms with Crippen LogP contribution in [0.1, 0.15) is 6.42 Å². The van der Waals surface area contributed by atoms with E-state index in [1.807, 2.05) is 54.6 Å². The van der Waals surface area contributed by atoms with E-state index in [0.29, 0.717) is 13.1 Å². The summed E-state index contributed by atoms with van der Waals surface area (Å²) < 4.78 is 11.3. The van der Waals surface area contributed by atoms with Crippen molar-refractivity contribution >= 4 is 22.6 Å². The summed E-state index contributed by atoms with van der Waals surface area (Å²) in [6.45, 7) is 1.20. The molecular formula is C21H21N3O3. The zero-order valence-electron chi connectivity index (χ0n) is 15.1. The Morgan fingerprint density at radius 3 is 2.78 bits per heavy atom. The maximum absolute atomic E-state index is 12.5. The Morgan fingerprint density at radius 1 is 1.15 bits per heavy atom. The minimum absolute atomic E-state index is 0.0424. The van der Waals surface area contributed by atoms with Gasteiger partial charge in [-0.1, -0.05) is 18.2 Å². The molecule has 6 nitrogen and oxygen atoms in total. The van der Waals surface area contributed by atoms with Crippen molar-refractivity contribution in [1.29, 1.82) is 0 Å². The number of hydrogen-bond acceptors (Lipinski definition) is 4. The number of hydrogen-bond donors (Lipinski definition) is 1. The zero-order chi connectivity index (χ0) is 18.6. The first-order chi connectivity index (χ1) is 13.2. The summed E-state index contributed by atoms with van der Waals surface area (Å²) in [6.07, 6.45) is 2.51. The van der Waals surface area contributed by atoms with Crippen molar-refractivity contribution in [3.05, 3.63) is 60.8 Å². The molecule has 1 aliphatic rings. The molecule has 0 aliphatic carbocycles. The molecule has 0 bridgehead atoms. The molecule has 0 saturated carbocycles. The minimum Gasteiger partial charge on any atom is -0.497 e. The monoisotopic (exact) mass is 363 g/mol. The molecular weight excluding hydrogens is 342 g/mol. The summed E-state index contributed by atoms with van der Waals surface area (Å²) in [6, 6.07) is 17.0. The van der Waals surface area contributed by atoms with Gasteiger partial charge in [0.05, 0.1) is 13.7 Å². The number of carbonyl (C=O) groups is 1. The van der Waals surface area contributed by atoms with Gasteiger partial charge in [-0.05, 0) is 36.4 Å². The first-order valence-corrected chi connectivity index (χ1v) is 8.93. The number of nitrogens with zero attached hydrogens (tertiary/aromatic N) is 2. The fourth-order valence-corrected chi connectivity index (χ4v) is 3.24. The van der Waals surface area contributed by atoms with Crippen LogP contribution in [0, 0.1) is 0 Å². The first kappa shape index (κ1) is 17.1. The molecule has 2 amide bonds. The van der Waals surface area contributed by atoms with E-state index in [-0.39, 0.29) is 12.1 Å². The van der Waals surface area contributed by atoms with E-state index in [1.165, 1.54) is 0 Å². The third kappa shape index (κ3) is 3.79. The number of aromatic nitrogens is 1. The molecule has 1 aliphatic heterocycles. The molecule has 3 aromatic rings. The van der Waals surface area contributed by atoms with Gasteiger partial charge in [0.1, 0.15) is 23.1 Å². The standard InChI is InChI=1S/C21H21N3O3/c1-26-17-9-7-16(8-10-17)23-21(25)24-13-11-18(14-24)27-19-6-2-4-15-5-3-12-22-20(15)19/h2-10,12,18H,11,13-14H2,1H3,(H,23,25). The summed E-state index contributed by atoms with van der Waals surface area (Å²) in [7, 11) is 1.61. The van der Waals surface area contributed by atoms with Gasteiger partial charge in [0, 0.05) is 30.2 Å². The molecule has 27 heavy (non-hydrogen) atoms. The second kappa shape index (κ2) is 7.53. The molecule has 6 heteroatoms. The van der Waals surface area contributed by atoms with Crippen molar-refractivity contribution in [3.63, 3.8) is 0 Å². The number of rotatable bonds is 4. The van der Waals surface area contributed by atoms with Crippen LogP contribution in [0.25, 0.3) is 10.9 Å². The quantitative estimate of drug-likeness (QED) is 0.763. The number of anilines is 1. The van der Waals surface area contributed by atoms with Crippen molar-refractivity contribution in [2.24, 2.45) is 0 Å². The molecule has 1 unspecified atom stereocenters. The molecule has 1 fully saturated rings. The van der Waals surface area contributed by atoms with E-state index in [2.05, 4.69) is 10.3 Å².